The highest BCUT2D eigenvalue weighted by Crippen LogP contribution is 2.24. The van der Waals surface area contributed by atoms with Crippen LogP contribution in [0.15, 0.2) is 29.4 Å². The molecule has 184 valence electrons. The van der Waals surface area contributed by atoms with E-state index in [4.69, 9.17) is 34.8 Å². The van der Waals surface area contributed by atoms with Gasteiger partial charge in [0.15, 0.2) is 5.16 Å². The molecule has 1 aromatic heterocycles. The lowest BCUT2D eigenvalue weighted by Crippen LogP contribution is -2.56. The van der Waals surface area contributed by atoms with Gasteiger partial charge in [-0.25, -0.2) is 14.8 Å². The summed E-state index contributed by atoms with van der Waals surface area (Å²) in [5, 5.41) is 7.61. The van der Waals surface area contributed by atoms with E-state index in [2.05, 4.69) is 25.5 Å². The molecule has 0 aliphatic carbocycles. The van der Waals surface area contributed by atoms with Gasteiger partial charge < -0.3 is 20.4 Å². The van der Waals surface area contributed by atoms with Crippen LogP contribution in [0.4, 0.5) is 10.6 Å². The number of nitrogens with zero attached hydrogens (tertiary/aromatic N) is 4. The van der Waals surface area contributed by atoms with Crippen molar-refractivity contribution in [3.8, 4) is 0 Å². The van der Waals surface area contributed by atoms with Crippen LogP contribution < -0.4 is 15.5 Å². The molecule has 1 aliphatic rings. The highest BCUT2D eigenvalue weighted by Gasteiger charge is 2.28. The summed E-state index contributed by atoms with van der Waals surface area (Å²) in [5.41, 5.74) is 0.920. The molecule has 12 heteroatoms. The predicted octanol–water partition coefficient (Wildman–Crippen LogP) is 4.13. The van der Waals surface area contributed by atoms with Crippen molar-refractivity contribution in [2.45, 2.75) is 31.5 Å². The molecule has 3 rings (SSSR count). The van der Waals surface area contributed by atoms with E-state index < -0.39 is 0 Å². The Morgan fingerprint density at radius 1 is 1.15 bits per heavy atom. The van der Waals surface area contributed by atoms with Gasteiger partial charge in [-0.1, -0.05) is 52.6 Å². The van der Waals surface area contributed by atoms with Crippen molar-refractivity contribution < 1.29 is 9.59 Å². The fourth-order valence-corrected chi connectivity index (χ4v) is 4.99. The number of amides is 3. The zero-order chi connectivity index (χ0) is 24.7. The van der Waals surface area contributed by atoms with Crippen LogP contribution in [0.1, 0.15) is 19.4 Å². The van der Waals surface area contributed by atoms with Gasteiger partial charge in [-0.3, -0.25) is 4.79 Å². The Morgan fingerprint density at radius 3 is 2.65 bits per heavy atom. The molecule has 0 radical (unpaired) electrons. The number of carbonyl (C=O) groups excluding carboxylic acids is 2. The Kier molecular flexibility index (Phi) is 9.94. The molecule has 2 heterocycles. The molecular formula is C22H27Cl3N6O2S. The summed E-state index contributed by atoms with van der Waals surface area (Å²) in [7, 11) is 0. The number of aromatic nitrogens is 2. The van der Waals surface area contributed by atoms with Crippen molar-refractivity contribution in [2.24, 2.45) is 0 Å². The second-order valence-corrected chi connectivity index (χ2v) is 9.95. The first-order valence-electron chi connectivity index (χ1n) is 10.9. The van der Waals surface area contributed by atoms with Gasteiger partial charge in [-0.2, -0.15) is 0 Å². The van der Waals surface area contributed by atoms with E-state index in [0.717, 1.165) is 5.56 Å². The maximum atomic E-state index is 12.3. The Bertz CT molecular complexity index is 1030. The van der Waals surface area contributed by atoms with Gasteiger partial charge in [0.1, 0.15) is 11.0 Å². The molecule has 1 saturated heterocycles. The highest BCUT2D eigenvalue weighted by molar-refractivity contribution is 7.99. The zero-order valence-electron chi connectivity index (χ0n) is 19.0. The summed E-state index contributed by atoms with van der Waals surface area (Å²) in [5.74, 6) is 0.710. The summed E-state index contributed by atoms with van der Waals surface area (Å²) in [4.78, 5) is 37.2. The van der Waals surface area contributed by atoms with E-state index in [1.54, 1.807) is 18.2 Å². The second kappa shape index (κ2) is 12.7. The lowest BCUT2D eigenvalue weighted by atomic mass is 10.1. The number of urea groups is 1. The van der Waals surface area contributed by atoms with E-state index in [9.17, 15) is 9.59 Å². The van der Waals surface area contributed by atoms with E-state index >= 15 is 0 Å². The van der Waals surface area contributed by atoms with E-state index in [0.29, 0.717) is 65.3 Å². The van der Waals surface area contributed by atoms with Gasteiger partial charge >= 0.3 is 6.03 Å². The summed E-state index contributed by atoms with van der Waals surface area (Å²) < 4.78 is 0. The SMILES string of the molecule is CCNC(=O)N1CCN(c2cc(Cl)nc(SCC(=O)NCCc3ccc(Cl)cc3Cl)n2)CC1C. The van der Waals surface area contributed by atoms with Gasteiger partial charge in [0.2, 0.25) is 5.91 Å². The number of anilines is 1. The first-order valence-corrected chi connectivity index (χ1v) is 13.1. The maximum Gasteiger partial charge on any atom is 0.317 e. The quantitative estimate of drug-likeness (QED) is 0.295. The lowest BCUT2D eigenvalue weighted by Gasteiger charge is -2.40. The number of hydrogen-bond acceptors (Lipinski definition) is 6. The Balaban J connectivity index is 1.51. The van der Waals surface area contributed by atoms with Crippen molar-refractivity contribution in [1.29, 1.82) is 0 Å². The number of nitrogens with one attached hydrogen (secondary N) is 2. The van der Waals surface area contributed by atoms with Crippen LogP contribution in [0, 0.1) is 0 Å². The molecule has 2 aromatic rings. The number of benzene rings is 1. The number of hydrogen-bond donors (Lipinski definition) is 2. The molecule has 1 fully saturated rings. The summed E-state index contributed by atoms with van der Waals surface area (Å²) >= 11 is 19.5. The molecule has 1 atom stereocenters. The molecule has 1 unspecified atom stereocenters. The fraction of sp³-hybridized carbons (Fsp3) is 0.455. The molecule has 34 heavy (non-hydrogen) atoms. The van der Waals surface area contributed by atoms with Gasteiger partial charge in [-0.05, 0) is 38.0 Å². The maximum absolute atomic E-state index is 12.3. The van der Waals surface area contributed by atoms with Crippen LogP contribution in [0.25, 0.3) is 0 Å². The molecule has 1 aromatic carbocycles. The third-order valence-corrected chi connectivity index (χ3v) is 6.89. The minimum Gasteiger partial charge on any atom is -0.355 e. The number of halogens is 3. The minimum absolute atomic E-state index is 0.0186. The lowest BCUT2D eigenvalue weighted by molar-refractivity contribution is -0.118. The summed E-state index contributed by atoms with van der Waals surface area (Å²) in [6, 6.07) is 6.97. The normalized spacial score (nSPS) is 15.9. The largest absolute Gasteiger partial charge is 0.355 e. The van der Waals surface area contributed by atoms with E-state index in [-0.39, 0.29) is 23.7 Å². The average Bonchev–Trinajstić information content (AvgIpc) is 2.79. The molecule has 0 spiro atoms. The molecule has 8 nitrogen and oxygen atoms in total. The summed E-state index contributed by atoms with van der Waals surface area (Å²) in [6.45, 7) is 6.79. The molecular weight excluding hydrogens is 519 g/mol. The monoisotopic (exact) mass is 544 g/mol. The Labute approximate surface area is 218 Å². The van der Waals surface area contributed by atoms with Crippen LogP contribution >= 0.6 is 46.6 Å². The van der Waals surface area contributed by atoms with Gasteiger partial charge in [0, 0.05) is 54.9 Å². The molecule has 1 aliphatic heterocycles. The summed E-state index contributed by atoms with van der Waals surface area (Å²) in [6.07, 6.45) is 0.602. The van der Waals surface area contributed by atoms with Crippen molar-refractivity contribution >= 4 is 64.3 Å². The molecule has 0 saturated carbocycles. The van der Waals surface area contributed by atoms with Crippen LogP contribution in [0.2, 0.25) is 15.2 Å². The van der Waals surface area contributed by atoms with Crippen molar-refractivity contribution in [3.63, 3.8) is 0 Å². The van der Waals surface area contributed by atoms with Crippen molar-refractivity contribution in [2.75, 3.05) is 43.4 Å². The highest BCUT2D eigenvalue weighted by atomic mass is 35.5. The van der Waals surface area contributed by atoms with E-state index in [1.807, 2.05) is 24.8 Å². The first-order chi connectivity index (χ1) is 16.3. The first kappa shape index (κ1) is 26.7. The van der Waals surface area contributed by atoms with Crippen LogP contribution in [-0.2, 0) is 11.2 Å². The smallest absolute Gasteiger partial charge is 0.317 e. The predicted molar refractivity (Wildman–Crippen MR) is 138 cm³/mol. The van der Waals surface area contributed by atoms with Gasteiger partial charge in [0.25, 0.3) is 0 Å². The topological polar surface area (TPSA) is 90.5 Å². The third-order valence-electron chi connectivity index (χ3n) is 5.27. The van der Waals surface area contributed by atoms with Crippen molar-refractivity contribution in [3.05, 3.63) is 45.0 Å². The van der Waals surface area contributed by atoms with Crippen LogP contribution in [0.5, 0.6) is 0 Å². The standard InChI is InChI=1S/C22H27Cl3N6O2S/c1-3-26-22(33)31-9-8-30(12-14(31)2)19-11-18(25)28-21(29-19)34-13-20(32)27-7-6-15-4-5-16(23)10-17(15)24/h4-5,10-11,14H,3,6-9,12-13H2,1-2H3,(H,26,33)(H,27,32). The number of carbonyl (C=O) groups is 2. The third kappa shape index (κ3) is 7.53. The van der Waals surface area contributed by atoms with Crippen molar-refractivity contribution in [1.82, 2.24) is 25.5 Å². The van der Waals surface area contributed by atoms with Gasteiger partial charge in [0.05, 0.1) is 5.75 Å². The second-order valence-electron chi connectivity index (χ2n) is 7.78. The molecule has 0 bridgehead atoms. The average molecular weight is 546 g/mol. The Morgan fingerprint density at radius 2 is 1.94 bits per heavy atom. The minimum atomic E-state index is -0.135. The molecule has 3 amide bonds. The zero-order valence-corrected chi connectivity index (χ0v) is 22.1. The molecule has 2 N–H and O–H groups in total. The van der Waals surface area contributed by atoms with Crippen LogP contribution in [-0.4, -0.2) is 71.3 Å². The van der Waals surface area contributed by atoms with Gasteiger partial charge in [-0.15, -0.1) is 0 Å². The van der Waals surface area contributed by atoms with Crippen LogP contribution in [0.3, 0.4) is 0 Å². The Hall–Kier alpha value is -1.94. The number of thioether (sulfide) groups is 1. The van der Waals surface area contributed by atoms with E-state index in [1.165, 1.54) is 11.8 Å². The number of piperazine rings is 1. The fourth-order valence-electron chi connectivity index (χ4n) is 3.57. The number of rotatable bonds is 8.